The highest BCUT2D eigenvalue weighted by molar-refractivity contribution is 5.72. The molecule has 1 aliphatic rings. The Morgan fingerprint density at radius 1 is 1.50 bits per heavy atom. The van der Waals surface area contributed by atoms with E-state index in [1.165, 1.54) is 0 Å². The number of carbonyl (C=O) groups is 1. The topological polar surface area (TPSA) is 79.0 Å². The van der Waals surface area contributed by atoms with Crippen molar-refractivity contribution in [2.45, 2.75) is 32.9 Å². The lowest BCUT2D eigenvalue weighted by molar-refractivity contribution is 0.0329. The lowest BCUT2D eigenvalue weighted by atomic mass is 9.78. The smallest absolute Gasteiger partial charge is 0.315 e. The van der Waals surface area contributed by atoms with Crippen LogP contribution in [0.25, 0.3) is 0 Å². The molecule has 1 aliphatic heterocycles. The molecule has 2 amide bonds. The Hall–Kier alpha value is -1.79. The lowest BCUT2D eigenvalue weighted by Crippen LogP contribution is -2.57. The minimum absolute atomic E-state index is 0.0208. The number of carbonyl (C=O) groups excluding carboxylic acids is 1. The van der Waals surface area contributed by atoms with Crippen LogP contribution in [-0.2, 0) is 6.54 Å². The Balaban J connectivity index is 2.15. The SMILES string of the molecule is CN1CCC(N(Cc2cccc(OCCO)c2)C(N)=O)C(C)(C)C1. The molecule has 0 bridgehead atoms. The molecule has 2 rings (SSSR count). The van der Waals surface area contributed by atoms with Crippen LogP contribution in [0.5, 0.6) is 5.75 Å². The van der Waals surface area contributed by atoms with Gasteiger partial charge in [0.15, 0.2) is 0 Å². The van der Waals surface area contributed by atoms with Crippen LogP contribution < -0.4 is 10.5 Å². The van der Waals surface area contributed by atoms with Crippen molar-refractivity contribution in [2.75, 3.05) is 33.4 Å². The van der Waals surface area contributed by atoms with Crippen molar-refractivity contribution in [2.24, 2.45) is 11.1 Å². The van der Waals surface area contributed by atoms with Gasteiger partial charge >= 0.3 is 6.03 Å². The van der Waals surface area contributed by atoms with Crippen LogP contribution in [0.15, 0.2) is 24.3 Å². The molecule has 1 unspecified atom stereocenters. The number of aliphatic hydroxyl groups excluding tert-OH is 1. The number of amides is 2. The molecule has 1 saturated heterocycles. The van der Waals surface area contributed by atoms with E-state index in [4.69, 9.17) is 15.6 Å². The third kappa shape index (κ3) is 4.61. The summed E-state index contributed by atoms with van der Waals surface area (Å²) in [4.78, 5) is 16.2. The van der Waals surface area contributed by atoms with Gasteiger partial charge in [-0.3, -0.25) is 0 Å². The Labute approximate surface area is 144 Å². The number of primary amides is 1. The van der Waals surface area contributed by atoms with Crippen molar-refractivity contribution >= 4 is 6.03 Å². The van der Waals surface area contributed by atoms with E-state index in [9.17, 15) is 4.79 Å². The highest BCUT2D eigenvalue weighted by atomic mass is 16.5. The van der Waals surface area contributed by atoms with E-state index in [1.54, 1.807) is 4.90 Å². The van der Waals surface area contributed by atoms with E-state index in [0.29, 0.717) is 12.3 Å². The molecule has 1 fully saturated rings. The highest BCUT2D eigenvalue weighted by Crippen LogP contribution is 2.33. The fourth-order valence-electron chi connectivity index (χ4n) is 3.63. The average Bonchev–Trinajstić information content (AvgIpc) is 2.50. The van der Waals surface area contributed by atoms with Gasteiger partial charge in [-0.2, -0.15) is 0 Å². The molecule has 1 atom stereocenters. The first-order valence-corrected chi connectivity index (χ1v) is 8.40. The van der Waals surface area contributed by atoms with Crippen molar-refractivity contribution in [3.8, 4) is 5.75 Å². The van der Waals surface area contributed by atoms with Gasteiger partial charge < -0.3 is 25.4 Å². The van der Waals surface area contributed by atoms with Crippen LogP contribution >= 0.6 is 0 Å². The van der Waals surface area contributed by atoms with Gasteiger partial charge in [-0.05, 0) is 43.1 Å². The number of rotatable bonds is 6. The second-order valence-corrected chi connectivity index (χ2v) is 7.22. The maximum Gasteiger partial charge on any atom is 0.315 e. The number of hydrogen-bond acceptors (Lipinski definition) is 4. The zero-order chi connectivity index (χ0) is 17.7. The first kappa shape index (κ1) is 18.5. The van der Waals surface area contributed by atoms with Crippen LogP contribution in [-0.4, -0.2) is 60.3 Å². The Bertz CT molecular complexity index is 562. The van der Waals surface area contributed by atoms with Crippen LogP contribution in [0.1, 0.15) is 25.8 Å². The summed E-state index contributed by atoms with van der Waals surface area (Å²) in [6.45, 7) is 6.95. The monoisotopic (exact) mass is 335 g/mol. The zero-order valence-electron chi connectivity index (χ0n) is 14.9. The number of aliphatic hydroxyl groups is 1. The third-order valence-electron chi connectivity index (χ3n) is 4.63. The van der Waals surface area contributed by atoms with Crippen molar-refractivity contribution < 1.29 is 14.6 Å². The molecule has 1 heterocycles. The fraction of sp³-hybridized carbons (Fsp3) is 0.611. The van der Waals surface area contributed by atoms with Crippen LogP contribution in [0, 0.1) is 5.41 Å². The second kappa shape index (κ2) is 7.85. The largest absolute Gasteiger partial charge is 0.491 e. The molecule has 3 N–H and O–H groups in total. The summed E-state index contributed by atoms with van der Waals surface area (Å²) < 4.78 is 5.45. The molecule has 0 saturated carbocycles. The zero-order valence-corrected chi connectivity index (χ0v) is 14.9. The van der Waals surface area contributed by atoms with E-state index in [0.717, 1.165) is 25.1 Å². The molecular formula is C18H29N3O3. The molecule has 24 heavy (non-hydrogen) atoms. The third-order valence-corrected chi connectivity index (χ3v) is 4.63. The minimum atomic E-state index is -0.390. The first-order valence-electron chi connectivity index (χ1n) is 8.40. The number of piperidine rings is 1. The standard InChI is InChI=1S/C18H29N3O3/c1-18(2)13-20(3)8-7-16(18)21(17(19)23)12-14-5-4-6-15(11-14)24-10-9-22/h4-6,11,16,22H,7-10,12-13H2,1-3H3,(H2,19,23). The van der Waals surface area contributed by atoms with Crippen molar-refractivity contribution in [3.05, 3.63) is 29.8 Å². The van der Waals surface area contributed by atoms with Gasteiger partial charge in [-0.25, -0.2) is 4.79 Å². The summed E-state index contributed by atoms with van der Waals surface area (Å²) >= 11 is 0. The fourth-order valence-corrected chi connectivity index (χ4v) is 3.63. The van der Waals surface area contributed by atoms with E-state index in [-0.39, 0.29) is 30.7 Å². The molecule has 0 aliphatic carbocycles. The minimum Gasteiger partial charge on any atom is -0.491 e. The predicted octanol–water partition coefficient (Wildman–Crippen LogP) is 1.67. The summed E-state index contributed by atoms with van der Waals surface area (Å²) in [5.74, 6) is 0.689. The van der Waals surface area contributed by atoms with Gasteiger partial charge in [0.05, 0.1) is 6.61 Å². The van der Waals surface area contributed by atoms with Crippen LogP contribution in [0.4, 0.5) is 4.79 Å². The van der Waals surface area contributed by atoms with Gasteiger partial charge in [-0.15, -0.1) is 0 Å². The Kier molecular flexibility index (Phi) is 6.07. The summed E-state index contributed by atoms with van der Waals surface area (Å²) in [5, 5.41) is 8.87. The van der Waals surface area contributed by atoms with Gasteiger partial charge in [0.25, 0.3) is 0 Å². The van der Waals surface area contributed by atoms with Crippen molar-refractivity contribution in [3.63, 3.8) is 0 Å². The summed E-state index contributed by atoms with van der Waals surface area (Å²) in [5.41, 5.74) is 6.65. The number of likely N-dealkylation sites (tertiary alicyclic amines) is 1. The number of nitrogens with two attached hydrogens (primary N) is 1. The Morgan fingerprint density at radius 3 is 2.88 bits per heavy atom. The molecule has 134 valence electrons. The molecule has 1 aromatic carbocycles. The molecule has 0 spiro atoms. The number of benzene rings is 1. The van der Waals surface area contributed by atoms with Gasteiger partial charge in [0.1, 0.15) is 12.4 Å². The average molecular weight is 335 g/mol. The molecule has 0 aromatic heterocycles. The predicted molar refractivity (Wildman–Crippen MR) is 93.8 cm³/mol. The maximum atomic E-state index is 12.1. The second-order valence-electron chi connectivity index (χ2n) is 7.22. The number of hydrogen-bond donors (Lipinski definition) is 2. The molecule has 6 heteroatoms. The normalized spacial score (nSPS) is 20.6. The molecule has 0 radical (unpaired) electrons. The van der Waals surface area contributed by atoms with Crippen molar-refractivity contribution in [1.82, 2.24) is 9.80 Å². The Morgan fingerprint density at radius 2 is 2.25 bits per heavy atom. The summed E-state index contributed by atoms with van der Waals surface area (Å²) in [6, 6.07) is 7.30. The number of ether oxygens (including phenoxy) is 1. The highest BCUT2D eigenvalue weighted by Gasteiger charge is 2.39. The van der Waals surface area contributed by atoms with Crippen molar-refractivity contribution in [1.29, 1.82) is 0 Å². The van der Waals surface area contributed by atoms with Crippen LogP contribution in [0.2, 0.25) is 0 Å². The maximum absolute atomic E-state index is 12.1. The number of urea groups is 1. The van der Waals surface area contributed by atoms with E-state index < -0.39 is 0 Å². The number of nitrogens with zero attached hydrogens (tertiary/aromatic N) is 2. The molecular weight excluding hydrogens is 306 g/mol. The van der Waals surface area contributed by atoms with Gasteiger partial charge in [-0.1, -0.05) is 26.0 Å². The lowest BCUT2D eigenvalue weighted by Gasteiger charge is -2.47. The van der Waals surface area contributed by atoms with Gasteiger partial charge in [0, 0.05) is 19.1 Å². The first-order chi connectivity index (χ1) is 11.3. The quantitative estimate of drug-likeness (QED) is 0.829. The van der Waals surface area contributed by atoms with Crippen LogP contribution in [0.3, 0.4) is 0 Å². The molecule has 1 aromatic rings. The van der Waals surface area contributed by atoms with E-state index >= 15 is 0 Å². The molecule has 6 nitrogen and oxygen atoms in total. The van der Waals surface area contributed by atoms with E-state index in [2.05, 4.69) is 25.8 Å². The summed E-state index contributed by atoms with van der Waals surface area (Å²) in [6.07, 6.45) is 0.910. The van der Waals surface area contributed by atoms with Gasteiger partial charge in [0.2, 0.25) is 0 Å². The summed E-state index contributed by atoms with van der Waals surface area (Å²) in [7, 11) is 2.11. The van der Waals surface area contributed by atoms with E-state index in [1.807, 2.05) is 24.3 Å².